The third kappa shape index (κ3) is 15.7. The summed E-state index contributed by atoms with van der Waals surface area (Å²) < 4.78 is 94.7. The second-order valence-electron chi connectivity index (χ2n) is 22.4. The predicted octanol–water partition coefficient (Wildman–Crippen LogP) is 11.0. The Labute approximate surface area is 562 Å². The molecule has 0 aliphatic carbocycles. The summed E-state index contributed by atoms with van der Waals surface area (Å²) in [5.41, 5.74) is -1.10. The Hall–Kier alpha value is -12.9. The van der Waals surface area contributed by atoms with E-state index in [1.165, 1.54) is 83.6 Å². The van der Waals surface area contributed by atoms with Crippen molar-refractivity contribution >= 4 is 92.7 Å². The molecular weight excluding hydrogens is 1310 g/mol. The van der Waals surface area contributed by atoms with Crippen LogP contribution in [0.25, 0.3) is 11.0 Å². The molecule has 0 atom stereocenters. The number of nitrogens with one attached hydrogen (secondary N) is 6. The number of carboxylic acids is 2. The molecule has 6 aromatic carbocycles. The first-order valence-corrected chi connectivity index (χ1v) is 30.2. The first-order valence-electron chi connectivity index (χ1n) is 30.2. The lowest BCUT2D eigenvalue weighted by Crippen LogP contribution is -2.38. The summed E-state index contributed by atoms with van der Waals surface area (Å²) in [5.74, 6) is -12.1. The molecule has 0 fully saturated rings. The van der Waals surface area contributed by atoms with Crippen molar-refractivity contribution in [2.75, 3.05) is 47.6 Å². The van der Waals surface area contributed by atoms with Crippen LogP contribution < -0.4 is 41.4 Å². The molecular formula is C72H56F6N8O14. The molecule has 10 rings (SSSR count). The smallest absolute Gasteiger partial charge is 0.471 e. The first-order chi connectivity index (χ1) is 47.7. The Balaban J connectivity index is 0.738. The van der Waals surface area contributed by atoms with Gasteiger partial charge >= 0.3 is 36.1 Å². The third-order valence-electron chi connectivity index (χ3n) is 15.8. The van der Waals surface area contributed by atoms with Gasteiger partial charge in [0.2, 0.25) is 11.6 Å². The zero-order valence-electron chi connectivity index (χ0n) is 52.5. The van der Waals surface area contributed by atoms with Crippen molar-refractivity contribution in [1.29, 1.82) is 0 Å². The van der Waals surface area contributed by atoms with Gasteiger partial charge in [-0.15, -0.1) is 0 Å². The van der Waals surface area contributed by atoms with Gasteiger partial charge in [0.15, 0.2) is 13.2 Å². The number of nitrogens with zero attached hydrogens (tertiary/aromatic N) is 2. The second-order valence-corrected chi connectivity index (χ2v) is 22.4. The summed E-state index contributed by atoms with van der Waals surface area (Å²) in [4.78, 5) is 133. The van der Waals surface area contributed by atoms with E-state index < -0.39 is 107 Å². The number of ketones is 2. The minimum Gasteiger partial charge on any atom is -0.484 e. The lowest BCUT2D eigenvalue weighted by molar-refractivity contribution is -0.167. The highest BCUT2D eigenvalue weighted by Crippen LogP contribution is 2.37. The number of aromatic nitrogens is 2. The SMILES string of the molecule is Cc1c(NC(=O)c2cccc(OCC(=O)NCCNC(=O)COc3cccc(C(=O)Nc4c(C)c(C(=O)c5ccc(NC(=O)C(F)(F)F)c(C(=O)O)c5Cc5ccccc5)n5ccccc45)c3)c2)c2ccccn2c1C(=O)c1ccc(NC(=O)C(F)(F)F)c(C(=O)O)c1Cc1ccccc1. The van der Waals surface area contributed by atoms with E-state index in [2.05, 4.69) is 21.3 Å². The van der Waals surface area contributed by atoms with Crippen molar-refractivity contribution in [3.63, 3.8) is 0 Å². The highest BCUT2D eigenvalue weighted by atomic mass is 19.4. The molecule has 0 bridgehead atoms. The Morgan fingerprint density at radius 1 is 0.440 bits per heavy atom. The van der Waals surface area contributed by atoms with Crippen LogP contribution in [0.4, 0.5) is 49.1 Å². The summed E-state index contributed by atoms with van der Waals surface area (Å²) >= 11 is 0. The van der Waals surface area contributed by atoms with Crippen LogP contribution in [0.2, 0.25) is 0 Å². The van der Waals surface area contributed by atoms with Gasteiger partial charge in [0.25, 0.3) is 23.6 Å². The Morgan fingerprint density at radius 2 is 0.810 bits per heavy atom. The lowest BCUT2D eigenvalue weighted by atomic mass is 9.90. The number of hydrogen-bond donors (Lipinski definition) is 8. The van der Waals surface area contributed by atoms with Gasteiger partial charge in [-0.1, -0.05) is 84.9 Å². The van der Waals surface area contributed by atoms with Crippen LogP contribution in [0, 0.1) is 13.8 Å². The zero-order valence-corrected chi connectivity index (χ0v) is 52.5. The quantitative estimate of drug-likeness (QED) is 0.0150. The van der Waals surface area contributed by atoms with Gasteiger partial charge in [-0.25, -0.2) is 9.59 Å². The number of hydrogen-bond acceptors (Lipinski definition) is 12. The number of benzene rings is 6. The van der Waals surface area contributed by atoms with E-state index in [-0.39, 0.29) is 105 Å². The van der Waals surface area contributed by atoms with Gasteiger partial charge in [-0.2, -0.15) is 26.3 Å². The summed E-state index contributed by atoms with van der Waals surface area (Å²) in [6.45, 7) is 1.92. The number of anilines is 4. The first kappa shape index (κ1) is 69.9. The molecule has 4 aromatic heterocycles. The number of carbonyl (C=O) groups excluding carboxylic acids is 8. The molecule has 10 aromatic rings. The third-order valence-corrected chi connectivity index (χ3v) is 15.8. The van der Waals surface area contributed by atoms with Crippen LogP contribution in [-0.2, 0) is 32.0 Å². The average Bonchev–Trinajstić information content (AvgIpc) is 1.56. The molecule has 0 saturated heterocycles. The van der Waals surface area contributed by atoms with E-state index in [9.17, 15) is 84.5 Å². The maximum absolute atomic E-state index is 14.8. The van der Waals surface area contributed by atoms with E-state index >= 15 is 0 Å². The fourth-order valence-electron chi connectivity index (χ4n) is 11.2. The van der Waals surface area contributed by atoms with Crippen LogP contribution in [0.15, 0.2) is 182 Å². The number of amides is 6. The molecule has 28 heteroatoms. The molecule has 0 unspecified atom stereocenters. The van der Waals surface area contributed by atoms with Crippen LogP contribution >= 0.6 is 0 Å². The maximum atomic E-state index is 14.8. The van der Waals surface area contributed by atoms with Gasteiger partial charge in [0.05, 0.1) is 56.3 Å². The lowest BCUT2D eigenvalue weighted by Gasteiger charge is -2.18. The number of carboxylic acid groups (broad SMARTS) is 2. The molecule has 0 saturated carbocycles. The molecule has 22 nitrogen and oxygen atoms in total. The Kier molecular flexibility index (Phi) is 20.7. The van der Waals surface area contributed by atoms with Gasteiger partial charge in [0.1, 0.15) is 11.5 Å². The highest BCUT2D eigenvalue weighted by molar-refractivity contribution is 6.18. The minimum atomic E-state index is -5.36. The minimum absolute atomic E-state index is 0.0279. The molecule has 0 aliphatic heterocycles. The number of halogens is 6. The van der Waals surface area contributed by atoms with Gasteiger partial charge in [-0.05, 0) is 134 Å². The van der Waals surface area contributed by atoms with E-state index in [4.69, 9.17) is 9.47 Å². The van der Waals surface area contributed by atoms with Gasteiger partial charge in [-0.3, -0.25) is 38.4 Å². The molecule has 0 radical (unpaired) electrons. The van der Waals surface area contributed by atoms with Gasteiger partial charge < -0.3 is 60.4 Å². The predicted molar refractivity (Wildman–Crippen MR) is 352 cm³/mol. The second kappa shape index (κ2) is 29.6. The summed E-state index contributed by atoms with van der Waals surface area (Å²) in [7, 11) is 0. The van der Waals surface area contributed by atoms with Crippen molar-refractivity contribution in [3.8, 4) is 11.5 Å². The summed E-state index contributed by atoms with van der Waals surface area (Å²) in [6, 6.07) is 41.8. The maximum Gasteiger partial charge on any atom is 0.471 e. The number of rotatable bonds is 25. The van der Waals surface area contributed by atoms with Crippen LogP contribution in [0.3, 0.4) is 0 Å². The molecule has 8 N–H and O–H groups in total. The fourth-order valence-corrected chi connectivity index (χ4v) is 11.2. The monoisotopic (exact) mass is 1370 g/mol. The molecule has 100 heavy (non-hydrogen) atoms. The van der Waals surface area contributed by atoms with Crippen LogP contribution in [0.5, 0.6) is 11.5 Å². The van der Waals surface area contributed by atoms with Crippen molar-refractivity contribution in [2.24, 2.45) is 0 Å². The molecule has 6 amide bonds. The number of pyridine rings is 2. The largest absolute Gasteiger partial charge is 0.484 e. The fraction of sp³-hybridized carbons (Fsp3) is 0.139. The normalized spacial score (nSPS) is 11.3. The average molecular weight is 1370 g/mol. The number of alkyl halides is 6. The molecule has 0 spiro atoms. The van der Waals surface area contributed by atoms with Crippen LogP contribution in [-0.4, -0.2) is 117 Å². The number of fused-ring (bicyclic) bond motifs is 2. The van der Waals surface area contributed by atoms with Crippen molar-refractivity contribution in [1.82, 2.24) is 19.4 Å². The molecule has 4 heterocycles. The Bertz CT molecular complexity index is 4630. The van der Waals surface area contributed by atoms with Crippen molar-refractivity contribution < 1.29 is 94.0 Å². The standard InChI is InChI=1S/C72H56F6N8O14/c1-39-59(53-23-9-11-31-85(53)61(39)63(89)47-25-27-51(81-69(97)71(73,74)75)57(67(93)94)49(47)33-41-15-5-3-6-16-41)83-65(91)43-19-13-21-45(35-43)99-37-55(87)79-29-30-80-56(88)38-100-46-22-14-20-44(36-46)66(92)84-60-40(2)62(86-32-12-10-24-54(60)86)64(90)48-26-28-52(82-70(98)72(76,77)78)58(68(95)96)50(48)34-42-17-7-4-8-18-42/h3-28,31-32,35-36H,29-30,33-34,37-38H2,1-2H3,(H,79,87)(H,80,88)(H,81,97)(H,82,98)(H,83,91)(H,84,92)(H,93,94)(H,95,96). The van der Waals surface area contributed by atoms with E-state index in [1.807, 2.05) is 0 Å². The number of ether oxygens (including phenoxy) is 2. The van der Waals surface area contributed by atoms with E-state index in [0.29, 0.717) is 22.2 Å². The molecule has 0 aliphatic rings. The van der Waals surface area contributed by atoms with Crippen LogP contribution in [0.1, 0.15) is 107 Å². The highest BCUT2D eigenvalue weighted by Gasteiger charge is 2.41. The van der Waals surface area contributed by atoms with E-state index in [0.717, 1.165) is 24.3 Å². The van der Waals surface area contributed by atoms with E-state index in [1.54, 1.807) is 108 Å². The Morgan fingerprint density at radius 3 is 1.17 bits per heavy atom. The topological polar surface area (TPSA) is 311 Å². The van der Waals surface area contributed by atoms with Gasteiger partial charge in [0, 0.05) is 58.9 Å². The number of carbonyl (C=O) groups is 10. The number of aromatic carboxylic acids is 2. The summed E-state index contributed by atoms with van der Waals surface area (Å²) in [6.07, 6.45) is -8.17. The van der Waals surface area contributed by atoms with Crippen molar-refractivity contribution in [2.45, 2.75) is 39.0 Å². The zero-order chi connectivity index (χ0) is 71.7. The summed E-state index contributed by atoms with van der Waals surface area (Å²) in [5, 5.41) is 34.9. The molecule has 510 valence electrons. The van der Waals surface area contributed by atoms with Crippen molar-refractivity contribution in [3.05, 3.63) is 260 Å².